The van der Waals surface area contributed by atoms with Crippen molar-refractivity contribution in [2.75, 3.05) is 0 Å². The maximum Gasteiger partial charge on any atom is 0.330 e. The molecule has 74 valence electrons. The Bertz CT molecular complexity index is 231. The lowest BCUT2D eigenvalue weighted by Gasteiger charge is -2.09. The topological polar surface area (TPSA) is 66.4 Å². The second kappa shape index (κ2) is 5.35. The highest BCUT2D eigenvalue weighted by molar-refractivity contribution is 5.82. The first-order valence-electron chi connectivity index (χ1n) is 4.13. The average Bonchev–Trinajstić information content (AvgIpc) is 1.80. The molecular formula is C9H15NO3. The van der Waals surface area contributed by atoms with Gasteiger partial charge in [-0.3, -0.25) is 4.79 Å². The van der Waals surface area contributed by atoms with Gasteiger partial charge in [0.05, 0.1) is 0 Å². The van der Waals surface area contributed by atoms with E-state index in [0.29, 0.717) is 18.0 Å². The average molecular weight is 185 g/mol. The summed E-state index contributed by atoms with van der Waals surface area (Å²) >= 11 is 0. The maximum atomic E-state index is 10.7. The van der Waals surface area contributed by atoms with Gasteiger partial charge in [0.1, 0.15) is 0 Å². The first-order valence-corrected chi connectivity index (χ1v) is 4.13. The molecule has 0 rings (SSSR count). The predicted octanol–water partition coefficient (Wildman–Crippen LogP) is 1.14. The summed E-state index contributed by atoms with van der Waals surface area (Å²) in [6.45, 7) is 5.27. The molecule has 0 saturated carbocycles. The smallest absolute Gasteiger partial charge is 0.330 e. The van der Waals surface area contributed by atoms with E-state index >= 15 is 0 Å². The van der Waals surface area contributed by atoms with Crippen molar-refractivity contribution in [3.8, 4) is 0 Å². The zero-order chi connectivity index (χ0) is 10.4. The number of hydrogen-bond acceptors (Lipinski definition) is 2. The summed E-state index contributed by atoms with van der Waals surface area (Å²) in [5, 5.41) is 11.0. The molecule has 0 aliphatic rings. The Hall–Kier alpha value is -1.32. The van der Waals surface area contributed by atoms with Crippen molar-refractivity contribution in [2.45, 2.75) is 27.2 Å². The third kappa shape index (κ3) is 7.05. The summed E-state index contributed by atoms with van der Waals surface area (Å²) < 4.78 is 0. The van der Waals surface area contributed by atoms with Gasteiger partial charge in [-0.2, -0.15) is 0 Å². The van der Waals surface area contributed by atoms with Gasteiger partial charge < -0.3 is 10.4 Å². The van der Waals surface area contributed by atoms with Crippen LogP contribution in [0.25, 0.3) is 0 Å². The molecular weight excluding hydrogens is 170 g/mol. The fourth-order valence-electron chi connectivity index (χ4n) is 0.961. The highest BCUT2D eigenvalue weighted by Gasteiger charge is 2.04. The van der Waals surface area contributed by atoms with E-state index in [-0.39, 0.29) is 5.91 Å². The minimum Gasteiger partial charge on any atom is -0.478 e. The molecule has 1 amide bonds. The molecule has 0 unspecified atom stereocenters. The van der Waals surface area contributed by atoms with Crippen LogP contribution in [0.4, 0.5) is 0 Å². The number of carboxylic acid groups (broad SMARTS) is 1. The van der Waals surface area contributed by atoms with E-state index < -0.39 is 5.97 Å². The molecule has 13 heavy (non-hydrogen) atoms. The molecule has 0 spiro atoms. The Morgan fingerprint density at radius 2 is 2.00 bits per heavy atom. The molecule has 0 bridgehead atoms. The van der Waals surface area contributed by atoms with Gasteiger partial charge in [-0.15, -0.1) is 0 Å². The molecule has 0 radical (unpaired) electrons. The van der Waals surface area contributed by atoms with Crippen LogP contribution in [0.15, 0.2) is 11.8 Å². The lowest BCUT2D eigenvalue weighted by molar-refractivity contribution is -0.131. The number of rotatable bonds is 4. The number of aliphatic carboxylic acids is 1. The van der Waals surface area contributed by atoms with E-state index in [1.54, 1.807) is 0 Å². The normalized spacial score (nSPS) is 11.5. The Kier molecular flexibility index (Phi) is 4.80. The van der Waals surface area contributed by atoms with Crippen LogP contribution in [0.5, 0.6) is 0 Å². The number of allylic oxidation sites excluding steroid dienone is 1. The van der Waals surface area contributed by atoms with Gasteiger partial charge in [0, 0.05) is 18.7 Å². The number of nitrogens with one attached hydrogen (secondary N) is 1. The predicted molar refractivity (Wildman–Crippen MR) is 49.0 cm³/mol. The number of hydrogen-bond donors (Lipinski definition) is 2. The number of amides is 1. The van der Waals surface area contributed by atoms with E-state index in [2.05, 4.69) is 5.32 Å². The second-order valence-electron chi connectivity index (χ2n) is 3.29. The zero-order valence-electron chi connectivity index (χ0n) is 8.13. The van der Waals surface area contributed by atoms with Gasteiger partial charge in [0.25, 0.3) is 0 Å². The molecule has 0 aromatic rings. The SMILES string of the molecule is CC(=O)NC(=CC(=O)O)CC(C)C. The van der Waals surface area contributed by atoms with E-state index in [1.165, 1.54) is 6.92 Å². The van der Waals surface area contributed by atoms with Crippen LogP contribution in [0.1, 0.15) is 27.2 Å². The van der Waals surface area contributed by atoms with Crippen molar-refractivity contribution in [1.29, 1.82) is 0 Å². The number of carbonyl (C=O) groups is 2. The molecule has 0 heterocycles. The summed E-state index contributed by atoms with van der Waals surface area (Å²) in [5.41, 5.74) is 0.454. The van der Waals surface area contributed by atoms with Gasteiger partial charge in [-0.05, 0) is 12.3 Å². The Morgan fingerprint density at radius 3 is 2.31 bits per heavy atom. The van der Waals surface area contributed by atoms with Crippen molar-refractivity contribution >= 4 is 11.9 Å². The van der Waals surface area contributed by atoms with Crippen molar-refractivity contribution in [2.24, 2.45) is 5.92 Å². The Labute approximate surface area is 77.6 Å². The summed E-state index contributed by atoms with van der Waals surface area (Å²) in [4.78, 5) is 21.0. The fraction of sp³-hybridized carbons (Fsp3) is 0.556. The molecule has 0 aromatic carbocycles. The van der Waals surface area contributed by atoms with E-state index in [0.717, 1.165) is 6.08 Å². The van der Waals surface area contributed by atoms with Gasteiger partial charge in [-0.25, -0.2) is 4.79 Å². The van der Waals surface area contributed by atoms with Crippen LogP contribution in [0.2, 0.25) is 0 Å². The lowest BCUT2D eigenvalue weighted by atomic mass is 10.1. The first-order chi connectivity index (χ1) is 5.91. The summed E-state index contributed by atoms with van der Waals surface area (Å²) in [5.74, 6) is -0.963. The van der Waals surface area contributed by atoms with Crippen LogP contribution in [-0.4, -0.2) is 17.0 Å². The summed E-state index contributed by atoms with van der Waals surface area (Å²) in [7, 11) is 0. The Balaban J connectivity index is 4.36. The highest BCUT2D eigenvalue weighted by Crippen LogP contribution is 2.07. The molecule has 0 atom stereocenters. The van der Waals surface area contributed by atoms with Crippen molar-refractivity contribution in [3.63, 3.8) is 0 Å². The standard InChI is InChI=1S/C9H15NO3/c1-6(2)4-8(5-9(12)13)10-7(3)11/h5-6H,4H2,1-3H3,(H,10,11)(H,12,13). The molecule has 4 nitrogen and oxygen atoms in total. The van der Waals surface area contributed by atoms with Crippen molar-refractivity contribution in [3.05, 3.63) is 11.8 Å². The summed E-state index contributed by atoms with van der Waals surface area (Å²) in [6.07, 6.45) is 1.59. The van der Waals surface area contributed by atoms with E-state index in [4.69, 9.17) is 5.11 Å². The van der Waals surface area contributed by atoms with Crippen LogP contribution < -0.4 is 5.32 Å². The van der Waals surface area contributed by atoms with Crippen LogP contribution in [0, 0.1) is 5.92 Å². The third-order valence-electron chi connectivity index (χ3n) is 1.26. The molecule has 0 aliphatic carbocycles. The quantitative estimate of drug-likeness (QED) is 0.645. The minimum atomic E-state index is -1.04. The van der Waals surface area contributed by atoms with Crippen LogP contribution >= 0.6 is 0 Å². The number of carboxylic acids is 1. The summed E-state index contributed by atoms with van der Waals surface area (Å²) in [6, 6.07) is 0. The van der Waals surface area contributed by atoms with E-state index in [9.17, 15) is 9.59 Å². The van der Waals surface area contributed by atoms with Crippen molar-refractivity contribution < 1.29 is 14.7 Å². The van der Waals surface area contributed by atoms with Gasteiger partial charge >= 0.3 is 5.97 Å². The van der Waals surface area contributed by atoms with Crippen LogP contribution in [-0.2, 0) is 9.59 Å². The van der Waals surface area contributed by atoms with Gasteiger partial charge in [-0.1, -0.05) is 13.8 Å². The highest BCUT2D eigenvalue weighted by atomic mass is 16.4. The monoisotopic (exact) mass is 185 g/mol. The maximum absolute atomic E-state index is 10.7. The fourth-order valence-corrected chi connectivity index (χ4v) is 0.961. The van der Waals surface area contributed by atoms with E-state index in [1.807, 2.05) is 13.8 Å². The van der Waals surface area contributed by atoms with Gasteiger partial charge in [0.2, 0.25) is 5.91 Å². The largest absolute Gasteiger partial charge is 0.478 e. The van der Waals surface area contributed by atoms with Gasteiger partial charge in [0.15, 0.2) is 0 Å². The molecule has 0 aliphatic heterocycles. The Morgan fingerprint density at radius 1 is 1.46 bits per heavy atom. The second-order valence-corrected chi connectivity index (χ2v) is 3.29. The zero-order valence-corrected chi connectivity index (χ0v) is 8.13. The molecule has 0 saturated heterocycles. The lowest BCUT2D eigenvalue weighted by Crippen LogP contribution is -2.21. The molecule has 0 fully saturated rings. The molecule has 0 aromatic heterocycles. The third-order valence-corrected chi connectivity index (χ3v) is 1.26. The minimum absolute atomic E-state index is 0.242. The molecule has 2 N–H and O–H groups in total. The molecule has 4 heteroatoms. The first kappa shape index (κ1) is 11.7. The van der Waals surface area contributed by atoms with Crippen molar-refractivity contribution in [1.82, 2.24) is 5.32 Å². The number of carbonyl (C=O) groups excluding carboxylic acids is 1. The van der Waals surface area contributed by atoms with Crippen LogP contribution in [0.3, 0.4) is 0 Å².